The molecule has 2 saturated carbocycles. The van der Waals surface area contributed by atoms with E-state index in [4.69, 9.17) is 15.0 Å². The molecule has 1 aromatic heterocycles. The fourth-order valence-electron chi connectivity index (χ4n) is 9.80. The van der Waals surface area contributed by atoms with Crippen LogP contribution in [0.5, 0.6) is 0 Å². The van der Waals surface area contributed by atoms with E-state index in [1.807, 2.05) is 72.8 Å². The molecule has 0 aliphatic heterocycles. The Balaban J connectivity index is 1.07. The van der Waals surface area contributed by atoms with Crippen molar-refractivity contribution in [3.05, 3.63) is 162 Å². The molecule has 2 unspecified atom stereocenters. The van der Waals surface area contributed by atoms with Crippen LogP contribution in [0.3, 0.4) is 0 Å². The van der Waals surface area contributed by atoms with Crippen molar-refractivity contribution in [2.24, 2.45) is 17.8 Å². The van der Waals surface area contributed by atoms with Crippen LogP contribution in [-0.2, 0) is 5.41 Å². The largest absolute Gasteiger partial charge is 0.208 e. The van der Waals surface area contributed by atoms with Gasteiger partial charge >= 0.3 is 0 Å². The van der Waals surface area contributed by atoms with E-state index in [0.717, 1.165) is 62.3 Å². The van der Waals surface area contributed by atoms with Gasteiger partial charge in [0.1, 0.15) is 0 Å². The van der Waals surface area contributed by atoms with Crippen molar-refractivity contribution in [2.45, 2.75) is 51.4 Å². The summed E-state index contributed by atoms with van der Waals surface area (Å²) in [6, 6.07) is 54.0. The fraction of sp³-hybridized carbons (Fsp3) is 0.212. The van der Waals surface area contributed by atoms with E-state index in [2.05, 4.69) is 98.8 Å². The molecule has 5 nitrogen and oxygen atoms in total. The lowest BCUT2D eigenvalue weighted by Gasteiger charge is -2.50. The first-order chi connectivity index (χ1) is 27.8. The fourth-order valence-corrected chi connectivity index (χ4v) is 9.80. The van der Waals surface area contributed by atoms with Gasteiger partial charge in [-0.3, -0.25) is 0 Å². The van der Waals surface area contributed by atoms with E-state index in [-0.39, 0.29) is 0 Å². The van der Waals surface area contributed by atoms with E-state index < -0.39 is 0 Å². The van der Waals surface area contributed by atoms with Gasteiger partial charge in [0.25, 0.3) is 0 Å². The third kappa shape index (κ3) is 7.38. The molecule has 7 aromatic rings. The molecule has 5 heteroatoms. The highest BCUT2D eigenvalue weighted by atomic mass is 15.0. The highest BCUT2D eigenvalue weighted by Gasteiger charge is 2.45. The lowest BCUT2D eigenvalue weighted by molar-refractivity contribution is 0.0780. The molecule has 0 amide bonds. The molecule has 2 bridgehead atoms. The van der Waals surface area contributed by atoms with E-state index in [0.29, 0.717) is 34.0 Å². The number of nitriles is 2. The van der Waals surface area contributed by atoms with Gasteiger partial charge in [-0.2, -0.15) is 10.5 Å². The molecule has 57 heavy (non-hydrogen) atoms. The van der Waals surface area contributed by atoms with Crippen molar-refractivity contribution in [2.75, 3.05) is 0 Å². The molecular weight excluding hydrogens is 695 g/mol. The van der Waals surface area contributed by atoms with Crippen molar-refractivity contribution in [3.63, 3.8) is 0 Å². The third-order valence-corrected chi connectivity index (χ3v) is 12.2. The summed E-state index contributed by atoms with van der Waals surface area (Å²) in [7, 11) is 0. The standard InChI is InChI=1S/C52H43N5/c1-34-25-38-26-35(2)30-52(29-34,31-38)48-23-21-40(22-24-48)39-17-19-43(20-18-39)49-55-50(46-7-3-5-44(27-46)41-13-9-36(32-53)10-14-41)57-51(56-49)47-8-4-6-45(28-47)42-15-11-37(33-54)12-16-42/h3-24,27-28,34-35,38H,25-26,29-31H2,1-2H3/t34-,35+,38?,52?. The topological polar surface area (TPSA) is 86.2 Å². The lowest BCUT2D eigenvalue weighted by Crippen LogP contribution is -2.42. The van der Waals surface area contributed by atoms with Crippen LogP contribution in [0.1, 0.15) is 62.6 Å². The van der Waals surface area contributed by atoms with Crippen LogP contribution in [0.25, 0.3) is 67.5 Å². The number of aromatic nitrogens is 3. The smallest absolute Gasteiger partial charge is 0.164 e. The molecule has 0 radical (unpaired) electrons. The van der Waals surface area contributed by atoms with Crippen LogP contribution in [0.2, 0.25) is 0 Å². The van der Waals surface area contributed by atoms with E-state index in [1.165, 1.54) is 43.2 Å². The summed E-state index contributed by atoms with van der Waals surface area (Å²) in [4.78, 5) is 15.2. The van der Waals surface area contributed by atoms with Gasteiger partial charge in [0.15, 0.2) is 17.5 Å². The molecule has 2 fully saturated rings. The SMILES string of the molecule is C[C@@H]1CC2C[C@H](C)CC(c3ccc(-c4ccc(-c5nc(-c6cccc(-c7ccc(C#N)cc7)c6)nc(-c6cccc(-c7ccc(C#N)cc7)c6)n5)cc4)cc3)(C2)C1. The molecule has 2 aliphatic carbocycles. The first-order valence-corrected chi connectivity index (χ1v) is 20.0. The molecule has 2 aliphatic rings. The molecule has 1 heterocycles. The minimum atomic E-state index is 0.319. The molecular formula is C52H43N5. The normalized spacial score (nSPS) is 20.0. The van der Waals surface area contributed by atoms with E-state index >= 15 is 0 Å². The summed E-state index contributed by atoms with van der Waals surface area (Å²) in [6.45, 7) is 4.91. The third-order valence-electron chi connectivity index (χ3n) is 12.2. The second-order valence-electron chi connectivity index (χ2n) is 16.4. The van der Waals surface area contributed by atoms with Gasteiger partial charge in [0.05, 0.1) is 23.3 Å². The second-order valence-corrected chi connectivity index (χ2v) is 16.4. The van der Waals surface area contributed by atoms with Crippen LogP contribution < -0.4 is 0 Å². The van der Waals surface area contributed by atoms with Crippen molar-refractivity contribution in [1.29, 1.82) is 10.5 Å². The number of nitrogens with zero attached hydrogens (tertiary/aromatic N) is 5. The highest BCUT2D eigenvalue weighted by Crippen LogP contribution is 2.54. The zero-order valence-electron chi connectivity index (χ0n) is 32.4. The maximum absolute atomic E-state index is 9.32. The van der Waals surface area contributed by atoms with Crippen molar-refractivity contribution in [1.82, 2.24) is 15.0 Å². The maximum atomic E-state index is 9.32. The second kappa shape index (κ2) is 15.1. The molecule has 0 saturated heterocycles. The Bertz CT molecular complexity index is 2510. The first-order valence-electron chi connectivity index (χ1n) is 20.0. The number of rotatable bonds is 7. The van der Waals surface area contributed by atoms with Gasteiger partial charge in [-0.25, -0.2) is 15.0 Å². The monoisotopic (exact) mass is 737 g/mol. The van der Waals surface area contributed by atoms with Crippen LogP contribution in [-0.4, -0.2) is 15.0 Å². The molecule has 9 rings (SSSR count). The van der Waals surface area contributed by atoms with Crippen molar-refractivity contribution < 1.29 is 0 Å². The molecule has 6 aromatic carbocycles. The number of benzene rings is 6. The summed E-state index contributed by atoms with van der Waals surface area (Å²) < 4.78 is 0. The van der Waals surface area contributed by atoms with Crippen LogP contribution >= 0.6 is 0 Å². The predicted molar refractivity (Wildman–Crippen MR) is 228 cm³/mol. The Hall–Kier alpha value is -6.69. The Morgan fingerprint density at radius 2 is 0.807 bits per heavy atom. The summed E-state index contributed by atoms with van der Waals surface area (Å²) >= 11 is 0. The average Bonchev–Trinajstić information content (AvgIpc) is 3.26. The van der Waals surface area contributed by atoms with Gasteiger partial charge < -0.3 is 0 Å². The molecule has 0 N–H and O–H groups in total. The van der Waals surface area contributed by atoms with Gasteiger partial charge in [0, 0.05) is 16.7 Å². The summed E-state index contributed by atoms with van der Waals surface area (Å²) in [5.41, 5.74) is 12.1. The first kappa shape index (κ1) is 36.0. The summed E-state index contributed by atoms with van der Waals surface area (Å²) in [5.74, 6) is 4.18. The number of hydrogen-bond donors (Lipinski definition) is 0. The zero-order chi connectivity index (χ0) is 38.9. The average molecular weight is 738 g/mol. The molecule has 276 valence electrons. The number of fused-ring (bicyclic) bond motifs is 2. The van der Waals surface area contributed by atoms with Gasteiger partial charge in [0.2, 0.25) is 0 Å². The Morgan fingerprint density at radius 3 is 1.26 bits per heavy atom. The zero-order valence-corrected chi connectivity index (χ0v) is 32.4. The lowest BCUT2D eigenvalue weighted by atomic mass is 9.54. The van der Waals surface area contributed by atoms with E-state index in [1.54, 1.807) is 0 Å². The van der Waals surface area contributed by atoms with Crippen molar-refractivity contribution >= 4 is 0 Å². The Morgan fingerprint density at radius 1 is 0.439 bits per heavy atom. The van der Waals surface area contributed by atoms with Crippen LogP contribution in [0.4, 0.5) is 0 Å². The van der Waals surface area contributed by atoms with Gasteiger partial charge in [-0.05, 0) is 131 Å². The van der Waals surface area contributed by atoms with Crippen LogP contribution in [0, 0.1) is 40.4 Å². The van der Waals surface area contributed by atoms with Gasteiger partial charge in [-0.15, -0.1) is 0 Å². The van der Waals surface area contributed by atoms with Crippen molar-refractivity contribution in [3.8, 4) is 79.7 Å². The number of hydrogen-bond acceptors (Lipinski definition) is 5. The summed E-state index contributed by atoms with van der Waals surface area (Å²) in [5, 5.41) is 18.6. The van der Waals surface area contributed by atoms with E-state index in [9.17, 15) is 10.5 Å². The van der Waals surface area contributed by atoms with Gasteiger partial charge in [-0.1, -0.05) is 123 Å². The van der Waals surface area contributed by atoms with Crippen LogP contribution in [0.15, 0.2) is 146 Å². The quantitative estimate of drug-likeness (QED) is 0.163. The minimum Gasteiger partial charge on any atom is -0.208 e. The minimum absolute atomic E-state index is 0.319. The molecule has 4 atom stereocenters. The highest BCUT2D eigenvalue weighted by molar-refractivity contribution is 5.76. The Kier molecular flexibility index (Phi) is 9.53. The predicted octanol–water partition coefficient (Wildman–Crippen LogP) is 12.7. The summed E-state index contributed by atoms with van der Waals surface area (Å²) in [6.07, 6.45) is 6.72. The Labute approximate surface area is 335 Å². The molecule has 0 spiro atoms. The maximum Gasteiger partial charge on any atom is 0.164 e.